The lowest BCUT2D eigenvalue weighted by atomic mass is 10.1. The van der Waals surface area contributed by atoms with Crippen LogP contribution in [0.5, 0.6) is 0 Å². The molecule has 0 bridgehead atoms. The topological polar surface area (TPSA) is 74.3 Å². The van der Waals surface area contributed by atoms with Gasteiger partial charge in [0.25, 0.3) is 0 Å². The van der Waals surface area contributed by atoms with Crippen molar-refractivity contribution >= 4 is 11.8 Å². The van der Waals surface area contributed by atoms with Crippen LogP contribution in [-0.2, 0) is 4.74 Å². The first-order valence-corrected chi connectivity index (χ1v) is 8.27. The molecule has 0 fully saturated rings. The van der Waals surface area contributed by atoms with Crippen LogP contribution < -0.4 is 0 Å². The van der Waals surface area contributed by atoms with Gasteiger partial charge in [-0.25, -0.2) is 4.79 Å². The number of hydrogen-bond donors (Lipinski definition) is 0. The number of para-hydroxylation sites is 1. The van der Waals surface area contributed by atoms with Gasteiger partial charge in [-0.2, -0.15) is 0 Å². The summed E-state index contributed by atoms with van der Waals surface area (Å²) in [7, 11) is 0. The van der Waals surface area contributed by atoms with Crippen LogP contribution in [0, 0.1) is 27.7 Å². The molecule has 3 aromatic rings. The number of carbonyl (C=O) groups is 2. The fourth-order valence-corrected chi connectivity index (χ4v) is 3.07. The summed E-state index contributed by atoms with van der Waals surface area (Å²) in [5.74, 6) is -0.478. The maximum atomic E-state index is 12.6. The number of esters is 1. The molecule has 3 rings (SSSR count). The molecule has 0 aliphatic rings. The highest BCUT2D eigenvalue weighted by Crippen LogP contribution is 2.21. The van der Waals surface area contributed by atoms with E-state index < -0.39 is 5.97 Å². The lowest BCUT2D eigenvalue weighted by molar-refractivity contribution is 0.0472. The Bertz CT molecular complexity index is 948. The minimum Gasteiger partial charge on any atom is -0.454 e. The highest BCUT2D eigenvalue weighted by atomic mass is 16.5. The average molecular weight is 352 g/mol. The van der Waals surface area contributed by atoms with Crippen LogP contribution in [0.3, 0.4) is 0 Å². The van der Waals surface area contributed by atoms with E-state index in [0.717, 1.165) is 17.1 Å². The van der Waals surface area contributed by atoms with E-state index in [2.05, 4.69) is 5.16 Å². The molecule has 0 aliphatic carbocycles. The van der Waals surface area contributed by atoms with Gasteiger partial charge in [0.1, 0.15) is 11.3 Å². The average Bonchev–Trinajstić information content (AvgIpc) is 3.11. The summed E-state index contributed by atoms with van der Waals surface area (Å²) in [4.78, 5) is 24.8. The zero-order chi connectivity index (χ0) is 18.8. The predicted molar refractivity (Wildman–Crippen MR) is 95.8 cm³/mol. The van der Waals surface area contributed by atoms with Crippen LogP contribution in [0.4, 0.5) is 0 Å². The van der Waals surface area contributed by atoms with Crippen molar-refractivity contribution in [3.8, 4) is 5.69 Å². The second-order valence-electron chi connectivity index (χ2n) is 6.15. The van der Waals surface area contributed by atoms with Crippen LogP contribution in [0.25, 0.3) is 5.69 Å². The van der Waals surface area contributed by atoms with Crippen LogP contribution in [0.2, 0.25) is 0 Å². The Morgan fingerprint density at radius 2 is 1.81 bits per heavy atom. The fraction of sp³-hybridized carbons (Fsp3) is 0.250. The molecule has 0 spiro atoms. The molecule has 0 saturated heterocycles. The lowest BCUT2D eigenvalue weighted by Gasteiger charge is -2.09. The third-order valence-electron chi connectivity index (χ3n) is 4.32. The highest BCUT2D eigenvalue weighted by Gasteiger charge is 2.22. The summed E-state index contributed by atoms with van der Waals surface area (Å²) in [6, 6.07) is 11.6. The molecule has 6 heteroatoms. The maximum absolute atomic E-state index is 12.6. The highest BCUT2D eigenvalue weighted by molar-refractivity contribution is 6.00. The van der Waals surface area contributed by atoms with Gasteiger partial charge in [-0.1, -0.05) is 23.4 Å². The summed E-state index contributed by atoms with van der Waals surface area (Å²) in [5, 5.41) is 3.72. The maximum Gasteiger partial charge on any atom is 0.344 e. The Labute approximate surface area is 151 Å². The molecule has 0 radical (unpaired) electrons. The number of ketones is 1. The molecule has 0 saturated carbocycles. The van der Waals surface area contributed by atoms with E-state index in [1.165, 1.54) is 0 Å². The Morgan fingerprint density at radius 1 is 1.12 bits per heavy atom. The number of aryl methyl sites for hydroxylation is 3. The van der Waals surface area contributed by atoms with E-state index in [1.807, 2.05) is 54.8 Å². The van der Waals surface area contributed by atoms with Crippen molar-refractivity contribution in [1.29, 1.82) is 0 Å². The molecule has 0 aliphatic heterocycles. The van der Waals surface area contributed by atoms with E-state index in [1.54, 1.807) is 13.8 Å². The smallest absolute Gasteiger partial charge is 0.344 e. The van der Waals surface area contributed by atoms with Gasteiger partial charge >= 0.3 is 5.97 Å². The van der Waals surface area contributed by atoms with Crippen LogP contribution >= 0.6 is 0 Å². The van der Waals surface area contributed by atoms with Gasteiger partial charge in [-0.05, 0) is 45.9 Å². The van der Waals surface area contributed by atoms with Crippen molar-refractivity contribution in [3.05, 3.63) is 70.4 Å². The Morgan fingerprint density at radius 3 is 2.42 bits per heavy atom. The third-order valence-corrected chi connectivity index (χ3v) is 4.32. The molecule has 0 N–H and O–H groups in total. The second kappa shape index (κ2) is 7.00. The lowest BCUT2D eigenvalue weighted by Crippen LogP contribution is -2.16. The van der Waals surface area contributed by atoms with E-state index in [4.69, 9.17) is 9.26 Å². The van der Waals surface area contributed by atoms with Gasteiger partial charge in [0, 0.05) is 22.6 Å². The molecule has 2 aromatic heterocycles. The van der Waals surface area contributed by atoms with Crippen molar-refractivity contribution in [2.24, 2.45) is 0 Å². The number of Topliss-reactive ketones (excluding diaryl/α,β-unsaturated/α-hetero) is 1. The number of carbonyl (C=O) groups excluding carboxylic acids is 2. The van der Waals surface area contributed by atoms with Crippen molar-refractivity contribution in [2.75, 3.05) is 6.61 Å². The zero-order valence-electron chi connectivity index (χ0n) is 15.2. The summed E-state index contributed by atoms with van der Waals surface area (Å²) in [6.07, 6.45) is 0. The predicted octanol–water partition coefficient (Wildman–Crippen LogP) is 3.74. The summed E-state index contributed by atoms with van der Waals surface area (Å²) >= 11 is 0. The number of aromatic nitrogens is 2. The minimum atomic E-state index is -0.605. The van der Waals surface area contributed by atoms with Gasteiger partial charge in [0.15, 0.2) is 6.61 Å². The monoisotopic (exact) mass is 352 g/mol. The quantitative estimate of drug-likeness (QED) is 0.516. The van der Waals surface area contributed by atoms with Crippen LogP contribution in [0.15, 0.2) is 40.9 Å². The fourth-order valence-electron chi connectivity index (χ4n) is 3.07. The van der Waals surface area contributed by atoms with E-state index in [9.17, 15) is 9.59 Å². The molecular formula is C20H20N2O4. The standard InChI is InChI=1S/C20H20N2O4/c1-12-10-17(14(3)22(12)16-8-6-5-7-9-16)18(23)11-25-20(24)19-13(2)21-26-15(19)4/h5-10H,11H2,1-4H3. The van der Waals surface area contributed by atoms with Gasteiger partial charge in [-0.3, -0.25) is 4.79 Å². The Balaban J connectivity index is 1.78. The van der Waals surface area contributed by atoms with Crippen molar-refractivity contribution in [2.45, 2.75) is 27.7 Å². The van der Waals surface area contributed by atoms with Gasteiger partial charge < -0.3 is 13.8 Å². The molecule has 0 unspecified atom stereocenters. The van der Waals surface area contributed by atoms with Gasteiger partial charge in [0.05, 0.1) is 5.69 Å². The molecule has 1 aromatic carbocycles. The second-order valence-corrected chi connectivity index (χ2v) is 6.15. The molecule has 0 amide bonds. The summed E-state index contributed by atoms with van der Waals surface area (Å²) in [5.41, 5.74) is 3.99. The van der Waals surface area contributed by atoms with E-state index >= 15 is 0 Å². The van der Waals surface area contributed by atoms with E-state index in [0.29, 0.717) is 17.0 Å². The number of hydrogen-bond acceptors (Lipinski definition) is 5. The largest absolute Gasteiger partial charge is 0.454 e. The third kappa shape index (κ3) is 3.18. The van der Waals surface area contributed by atoms with Crippen LogP contribution in [-0.4, -0.2) is 28.1 Å². The first-order valence-electron chi connectivity index (χ1n) is 8.27. The first kappa shape index (κ1) is 17.7. The number of nitrogens with zero attached hydrogens (tertiary/aromatic N) is 2. The van der Waals surface area contributed by atoms with E-state index in [-0.39, 0.29) is 18.0 Å². The summed E-state index contributed by atoms with van der Waals surface area (Å²) < 4.78 is 12.1. The van der Waals surface area contributed by atoms with Crippen molar-refractivity contribution in [3.63, 3.8) is 0 Å². The van der Waals surface area contributed by atoms with Crippen LogP contribution in [0.1, 0.15) is 43.6 Å². The number of ether oxygens (including phenoxy) is 1. The number of rotatable bonds is 5. The SMILES string of the molecule is Cc1noc(C)c1C(=O)OCC(=O)c1cc(C)n(-c2ccccc2)c1C. The normalized spacial score (nSPS) is 10.8. The summed E-state index contributed by atoms with van der Waals surface area (Å²) in [6.45, 7) is 6.77. The van der Waals surface area contributed by atoms with Gasteiger partial charge in [-0.15, -0.1) is 0 Å². The molecule has 26 heavy (non-hydrogen) atoms. The molecule has 2 heterocycles. The Hall–Kier alpha value is -3.15. The first-order chi connectivity index (χ1) is 12.4. The molecule has 134 valence electrons. The Kier molecular flexibility index (Phi) is 4.75. The molecular weight excluding hydrogens is 332 g/mol. The zero-order valence-corrected chi connectivity index (χ0v) is 15.2. The van der Waals surface area contributed by atoms with Crippen molar-refractivity contribution in [1.82, 2.24) is 9.72 Å². The minimum absolute atomic E-state index is 0.250. The van der Waals surface area contributed by atoms with Crippen molar-refractivity contribution < 1.29 is 18.8 Å². The number of benzene rings is 1. The van der Waals surface area contributed by atoms with Gasteiger partial charge in [0.2, 0.25) is 5.78 Å². The molecule has 0 atom stereocenters. The molecule has 6 nitrogen and oxygen atoms in total.